The highest BCUT2D eigenvalue weighted by molar-refractivity contribution is 9.10. The molecule has 7 nitrogen and oxygen atoms in total. The quantitative estimate of drug-likeness (QED) is 0.727. The summed E-state index contributed by atoms with van der Waals surface area (Å²) in [5.74, 6) is -1.30. The zero-order valence-corrected chi connectivity index (χ0v) is 16.4. The molecule has 0 fully saturated rings. The van der Waals surface area contributed by atoms with Crippen molar-refractivity contribution in [1.82, 2.24) is 5.06 Å². The molecule has 0 spiro atoms. The molecular weight excluding hydrogens is 416 g/mol. The van der Waals surface area contributed by atoms with Crippen molar-refractivity contribution in [2.75, 3.05) is 12.4 Å². The van der Waals surface area contributed by atoms with Crippen molar-refractivity contribution in [2.45, 2.75) is 19.4 Å². The van der Waals surface area contributed by atoms with E-state index in [-0.39, 0.29) is 6.42 Å². The molecule has 0 saturated heterocycles. The summed E-state index contributed by atoms with van der Waals surface area (Å²) >= 11 is 3.31. The third-order valence-corrected chi connectivity index (χ3v) is 3.98. The SMILES string of the molecule is CC(=O)ON(C)C(=O)C(Cc1ccccc1)OC(=O)Nc1ccc(Br)cc1. The second-order valence-corrected chi connectivity index (χ2v) is 6.55. The van der Waals surface area contributed by atoms with E-state index < -0.39 is 24.1 Å². The maximum atomic E-state index is 12.6. The Morgan fingerprint density at radius 2 is 1.70 bits per heavy atom. The van der Waals surface area contributed by atoms with Crippen LogP contribution in [-0.4, -0.2) is 36.2 Å². The van der Waals surface area contributed by atoms with Crippen molar-refractivity contribution in [3.05, 3.63) is 64.6 Å². The summed E-state index contributed by atoms with van der Waals surface area (Å²) in [4.78, 5) is 40.6. The fraction of sp³-hybridized carbons (Fsp3) is 0.211. The summed E-state index contributed by atoms with van der Waals surface area (Å²) in [7, 11) is 1.29. The number of carbonyl (C=O) groups is 3. The molecule has 2 aromatic rings. The Kier molecular flexibility index (Phi) is 7.36. The third-order valence-electron chi connectivity index (χ3n) is 3.46. The van der Waals surface area contributed by atoms with Crippen LogP contribution in [0.25, 0.3) is 0 Å². The number of hydrogen-bond donors (Lipinski definition) is 1. The van der Waals surface area contributed by atoms with Crippen LogP contribution in [0.5, 0.6) is 0 Å². The molecule has 0 saturated carbocycles. The minimum Gasteiger partial charge on any atom is -0.435 e. The second kappa shape index (κ2) is 9.72. The van der Waals surface area contributed by atoms with Gasteiger partial charge < -0.3 is 9.57 Å². The van der Waals surface area contributed by atoms with Gasteiger partial charge in [0.2, 0.25) is 0 Å². The molecule has 1 unspecified atom stereocenters. The molecule has 8 heteroatoms. The van der Waals surface area contributed by atoms with Crippen LogP contribution in [0.15, 0.2) is 59.1 Å². The van der Waals surface area contributed by atoms with Crippen molar-refractivity contribution in [3.8, 4) is 0 Å². The lowest BCUT2D eigenvalue weighted by molar-refractivity contribution is -0.195. The monoisotopic (exact) mass is 434 g/mol. The number of nitrogens with zero attached hydrogens (tertiary/aromatic N) is 1. The lowest BCUT2D eigenvalue weighted by atomic mass is 10.1. The summed E-state index contributed by atoms with van der Waals surface area (Å²) in [6.07, 6.45) is -1.81. The molecule has 0 aromatic heterocycles. The molecule has 0 aliphatic carbocycles. The second-order valence-electron chi connectivity index (χ2n) is 5.63. The Morgan fingerprint density at radius 3 is 2.30 bits per heavy atom. The number of anilines is 1. The van der Waals surface area contributed by atoms with E-state index in [2.05, 4.69) is 21.2 Å². The number of halogens is 1. The number of benzene rings is 2. The largest absolute Gasteiger partial charge is 0.435 e. The van der Waals surface area contributed by atoms with Gasteiger partial charge in [-0.15, -0.1) is 0 Å². The molecule has 0 aliphatic rings. The Balaban J connectivity index is 2.10. The molecule has 1 atom stereocenters. The minimum absolute atomic E-state index is 0.138. The first-order valence-electron chi connectivity index (χ1n) is 8.08. The average molecular weight is 435 g/mol. The standard InChI is InChI=1S/C19H19BrN2O5/c1-13(23)27-22(2)18(24)17(12-14-6-4-3-5-7-14)26-19(25)21-16-10-8-15(20)9-11-16/h3-11,17H,12H2,1-2H3,(H,21,25). The first kappa shape index (κ1) is 20.4. The molecule has 142 valence electrons. The van der Waals surface area contributed by atoms with E-state index in [1.165, 1.54) is 14.0 Å². The summed E-state index contributed by atoms with van der Waals surface area (Å²) < 4.78 is 6.17. The summed E-state index contributed by atoms with van der Waals surface area (Å²) in [5.41, 5.74) is 1.31. The van der Waals surface area contributed by atoms with Gasteiger partial charge in [0, 0.05) is 30.6 Å². The van der Waals surface area contributed by atoms with E-state index in [0.29, 0.717) is 5.69 Å². The van der Waals surface area contributed by atoms with Gasteiger partial charge in [-0.05, 0) is 29.8 Å². The normalized spacial score (nSPS) is 11.2. The zero-order valence-electron chi connectivity index (χ0n) is 14.8. The number of nitrogens with one attached hydrogen (secondary N) is 1. The predicted octanol–water partition coefficient (Wildman–Crippen LogP) is 3.55. The van der Waals surface area contributed by atoms with Crippen LogP contribution in [0.4, 0.5) is 10.5 Å². The number of likely N-dealkylation sites (N-methyl/N-ethyl adjacent to an activating group) is 1. The number of amides is 2. The van der Waals surface area contributed by atoms with Gasteiger partial charge >= 0.3 is 12.1 Å². The van der Waals surface area contributed by atoms with Crippen LogP contribution in [0.1, 0.15) is 12.5 Å². The predicted molar refractivity (Wildman–Crippen MR) is 103 cm³/mol. The fourth-order valence-corrected chi connectivity index (χ4v) is 2.52. The van der Waals surface area contributed by atoms with Crippen molar-refractivity contribution in [1.29, 1.82) is 0 Å². The van der Waals surface area contributed by atoms with Gasteiger partial charge in [-0.1, -0.05) is 46.3 Å². The smallest absolute Gasteiger partial charge is 0.412 e. The Labute approximate surface area is 165 Å². The number of hydroxylamine groups is 2. The van der Waals surface area contributed by atoms with E-state index in [1.54, 1.807) is 24.3 Å². The molecule has 27 heavy (non-hydrogen) atoms. The van der Waals surface area contributed by atoms with E-state index in [1.807, 2.05) is 30.3 Å². The molecule has 0 aliphatic heterocycles. The maximum Gasteiger partial charge on any atom is 0.412 e. The van der Waals surface area contributed by atoms with Gasteiger partial charge in [0.15, 0.2) is 6.10 Å². The van der Waals surface area contributed by atoms with Crippen LogP contribution >= 0.6 is 15.9 Å². The topological polar surface area (TPSA) is 84.9 Å². The first-order chi connectivity index (χ1) is 12.8. The van der Waals surface area contributed by atoms with Crippen molar-refractivity contribution < 1.29 is 24.0 Å². The van der Waals surface area contributed by atoms with Crippen LogP contribution < -0.4 is 5.32 Å². The maximum absolute atomic E-state index is 12.6. The van der Waals surface area contributed by atoms with E-state index >= 15 is 0 Å². The fourth-order valence-electron chi connectivity index (χ4n) is 2.26. The third kappa shape index (κ3) is 6.74. The molecule has 0 heterocycles. The van der Waals surface area contributed by atoms with Crippen molar-refractivity contribution >= 4 is 39.6 Å². The van der Waals surface area contributed by atoms with Gasteiger partial charge in [0.25, 0.3) is 5.91 Å². The van der Waals surface area contributed by atoms with Crippen LogP contribution in [0.2, 0.25) is 0 Å². The van der Waals surface area contributed by atoms with Crippen LogP contribution in [-0.2, 0) is 25.6 Å². The van der Waals surface area contributed by atoms with Gasteiger partial charge in [-0.3, -0.25) is 14.9 Å². The Bertz CT molecular complexity index is 796. The summed E-state index contributed by atoms with van der Waals surface area (Å²) in [5, 5.41) is 3.33. The zero-order chi connectivity index (χ0) is 19.8. The summed E-state index contributed by atoms with van der Waals surface area (Å²) in [6.45, 7) is 1.18. The highest BCUT2D eigenvalue weighted by Gasteiger charge is 2.28. The average Bonchev–Trinajstić information content (AvgIpc) is 2.62. The molecule has 2 amide bonds. The molecule has 1 N–H and O–H groups in total. The summed E-state index contributed by atoms with van der Waals surface area (Å²) in [6, 6.07) is 16.0. The molecular formula is C19H19BrN2O5. The van der Waals surface area contributed by atoms with E-state index in [9.17, 15) is 14.4 Å². The molecule has 0 bridgehead atoms. The first-order valence-corrected chi connectivity index (χ1v) is 8.87. The molecule has 0 radical (unpaired) electrons. The molecule has 2 aromatic carbocycles. The van der Waals surface area contributed by atoms with Crippen molar-refractivity contribution in [3.63, 3.8) is 0 Å². The highest BCUT2D eigenvalue weighted by atomic mass is 79.9. The van der Waals surface area contributed by atoms with Gasteiger partial charge in [-0.2, -0.15) is 5.06 Å². The Morgan fingerprint density at radius 1 is 1.07 bits per heavy atom. The lowest BCUT2D eigenvalue weighted by Crippen LogP contribution is -2.41. The van der Waals surface area contributed by atoms with E-state index in [0.717, 1.165) is 15.1 Å². The van der Waals surface area contributed by atoms with Gasteiger partial charge in [0.05, 0.1) is 0 Å². The van der Waals surface area contributed by atoms with Crippen molar-refractivity contribution in [2.24, 2.45) is 0 Å². The van der Waals surface area contributed by atoms with E-state index in [4.69, 9.17) is 9.57 Å². The Hall–Kier alpha value is -2.87. The number of hydrogen-bond acceptors (Lipinski definition) is 5. The lowest BCUT2D eigenvalue weighted by Gasteiger charge is -2.22. The van der Waals surface area contributed by atoms with Crippen LogP contribution in [0, 0.1) is 0 Å². The number of carbonyl (C=O) groups excluding carboxylic acids is 3. The molecule has 2 rings (SSSR count). The minimum atomic E-state index is -1.16. The van der Waals surface area contributed by atoms with Crippen LogP contribution in [0.3, 0.4) is 0 Å². The van der Waals surface area contributed by atoms with Gasteiger partial charge in [-0.25, -0.2) is 4.79 Å². The number of rotatable bonds is 5. The highest BCUT2D eigenvalue weighted by Crippen LogP contribution is 2.15. The number of ether oxygens (including phenoxy) is 1. The van der Waals surface area contributed by atoms with Gasteiger partial charge in [0.1, 0.15) is 0 Å².